The molecule has 1 spiro atoms. The molecule has 26 heavy (non-hydrogen) atoms. The first kappa shape index (κ1) is 16.1. The van der Waals surface area contributed by atoms with Crippen LogP contribution in [0.5, 0.6) is 0 Å². The standard InChI is InChI=1S/C23H22ClNO/c24-19-7-5-18(6-8-19)23(11-12-23)21(26)25-15-13-22(14-16-25)10-9-17-3-1-2-4-20(17)22/h1-10H,11-16H2. The van der Waals surface area contributed by atoms with Gasteiger partial charge in [0.25, 0.3) is 0 Å². The summed E-state index contributed by atoms with van der Waals surface area (Å²) in [4.78, 5) is 15.4. The van der Waals surface area contributed by atoms with Crippen LogP contribution in [0.25, 0.3) is 6.08 Å². The Morgan fingerprint density at radius 2 is 1.62 bits per heavy atom. The Labute approximate surface area is 159 Å². The molecule has 0 radical (unpaired) electrons. The predicted molar refractivity (Wildman–Crippen MR) is 105 cm³/mol. The summed E-state index contributed by atoms with van der Waals surface area (Å²) in [7, 11) is 0. The lowest BCUT2D eigenvalue weighted by molar-refractivity contribution is -0.135. The number of nitrogens with zero attached hydrogens (tertiary/aromatic N) is 1. The van der Waals surface area contributed by atoms with E-state index in [0.717, 1.165) is 49.4 Å². The molecule has 0 aromatic heterocycles. The lowest BCUT2D eigenvalue weighted by atomic mass is 9.74. The monoisotopic (exact) mass is 363 g/mol. The molecule has 0 atom stereocenters. The first-order chi connectivity index (χ1) is 12.6. The Kier molecular flexibility index (Phi) is 3.55. The Bertz CT molecular complexity index is 887. The highest BCUT2D eigenvalue weighted by Gasteiger charge is 2.54. The van der Waals surface area contributed by atoms with Crippen LogP contribution in [-0.4, -0.2) is 23.9 Å². The Morgan fingerprint density at radius 1 is 0.923 bits per heavy atom. The molecule has 1 amide bonds. The number of halogens is 1. The van der Waals surface area contributed by atoms with Gasteiger partial charge in [-0.3, -0.25) is 4.79 Å². The average Bonchev–Trinajstić information content (AvgIpc) is 3.42. The van der Waals surface area contributed by atoms with Gasteiger partial charge >= 0.3 is 0 Å². The molecule has 2 aromatic carbocycles. The summed E-state index contributed by atoms with van der Waals surface area (Å²) in [6.07, 6.45) is 8.57. The van der Waals surface area contributed by atoms with Crippen LogP contribution in [0.1, 0.15) is 42.4 Å². The molecule has 1 saturated heterocycles. The minimum atomic E-state index is -0.293. The normalized spacial score (nSPS) is 21.7. The summed E-state index contributed by atoms with van der Waals surface area (Å²) in [5.74, 6) is 0.310. The highest BCUT2D eigenvalue weighted by molar-refractivity contribution is 6.30. The molecule has 1 heterocycles. The zero-order chi connectivity index (χ0) is 17.8. The SMILES string of the molecule is O=C(N1CCC2(C=Cc3ccccc32)CC1)C1(c2ccc(Cl)cc2)CC1. The number of hydrogen-bond acceptors (Lipinski definition) is 1. The van der Waals surface area contributed by atoms with Crippen molar-refractivity contribution in [2.75, 3.05) is 13.1 Å². The van der Waals surface area contributed by atoms with E-state index in [4.69, 9.17) is 11.6 Å². The number of likely N-dealkylation sites (tertiary alicyclic amines) is 1. The molecule has 2 nitrogen and oxygen atoms in total. The molecule has 3 heteroatoms. The molecule has 2 aromatic rings. The molecule has 0 bridgehead atoms. The molecule has 132 valence electrons. The van der Waals surface area contributed by atoms with Crippen LogP contribution in [0.15, 0.2) is 54.6 Å². The van der Waals surface area contributed by atoms with Crippen LogP contribution in [0.3, 0.4) is 0 Å². The first-order valence-electron chi connectivity index (χ1n) is 9.47. The number of carbonyl (C=O) groups is 1. The van der Waals surface area contributed by atoms with E-state index >= 15 is 0 Å². The number of hydrogen-bond donors (Lipinski definition) is 0. The van der Waals surface area contributed by atoms with Crippen molar-refractivity contribution < 1.29 is 4.79 Å². The minimum absolute atomic E-state index is 0.129. The molecule has 2 fully saturated rings. The molecular formula is C23H22ClNO. The van der Waals surface area contributed by atoms with Crippen LogP contribution >= 0.6 is 11.6 Å². The third kappa shape index (κ3) is 2.35. The number of rotatable bonds is 2. The Balaban J connectivity index is 1.34. The molecule has 5 rings (SSSR count). The van der Waals surface area contributed by atoms with Gasteiger partial charge in [-0.15, -0.1) is 0 Å². The van der Waals surface area contributed by atoms with Crippen molar-refractivity contribution in [2.24, 2.45) is 0 Å². The van der Waals surface area contributed by atoms with Gasteiger partial charge in [-0.25, -0.2) is 0 Å². The number of piperidine rings is 1. The van der Waals surface area contributed by atoms with E-state index in [1.165, 1.54) is 11.1 Å². The van der Waals surface area contributed by atoms with Gasteiger partial charge in [-0.1, -0.05) is 60.2 Å². The van der Waals surface area contributed by atoms with Crippen LogP contribution in [0.2, 0.25) is 5.02 Å². The molecule has 1 aliphatic heterocycles. The van der Waals surface area contributed by atoms with Gasteiger partial charge in [0, 0.05) is 23.5 Å². The topological polar surface area (TPSA) is 20.3 Å². The number of allylic oxidation sites excluding steroid dienone is 1. The predicted octanol–water partition coefficient (Wildman–Crippen LogP) is 4.96. The van der Waals surface area contributed by atoms with Crippen molar-refractivity contribution in [1.82, 2.24) is 4.90 Å². The quantitative estimate of drug-likeness (QED) is 0.738. The minimum Gasteiger partial charge on any atom is -0.342 e. The lowest BCUT2D eigenvalue weighted by Crippen LogP contribution is -2.47. The van der Waals surface area contributed by atoms with Crippen molar-refractivity contribution in [3.8, 4) is 0 Å². The Hall–Kier alpha value is -2.06. The van der Waals surface area contributed by atoms with Crippen LogP contribution in [0, 0.1) is 0 Å². The smallest absolute Gasteiger partial charge is 0.233 e. The summed E-state index contributed by atoms with van der Waals surface area (Å²) in [5, 5.41) is 0.726. The van der Waals surface area contributed by atoms with E-state index < -0.39 is 0 Å². The van der Waals surface area contributed by atoms with E-state index in [1.807, 2.05) is 24.3 Å². The lowest BCUT2D eigenvalue weighted by Gasteiger charge is -2.40. The second kappa shape index (κ2) is 5.72. The fourth-order valence-electron chi connectivity index (χ4n) is 4.80. The third-order valence-corrected chi connectivity index (χ3v) is 6.83. The molecule has 0 N–H and O–H groups in total. The fourth-order valence-corrected chi connectivity index (χ4v) is 4.93. The highest BCUT2D eigenvalue weighted by atomic mass is 35.5. The van der Waals surface area contributed by atoms with Crippen molar-refractivity contribution in [3.05, 3.63) is 76.3 Å². The number of benzene rings is 2. The number of carbonyl (C=O) groups excluding carboxylic acids is 1. The third-order valence-electron chi connectivity index (χ3n) is 6.58. The Morgan fingerprint density at radius 3 is 2.31 bits per heavy atom. The van der Waals surface area contributed by atoms with E-state index in [0.29, 0.717) is 5.91 Å². The maximum Gasteiger partial charge on any atom is 0.233 e. The van der Waals surface area contributed by atoms with Crippen molar-refractivity contribution in [3.63, 3.8) is 0 Å². The van der Waals surface area contributed by atoms with Crippen LogP contribution < -0.4 is 0 Å². The molecule has 1 saturated carbocycles. The van der Waals surface area contributed by atoms with E-state index in [1.54, 1.807) is 0 Å². The zero-order valence-electron chi connectivity index (χ0n) is 14.7. The molecule has 2 aliphatic carbocycles. The first-order valence-corrected chi connectivity index (χ1v) is 9.85. The largest absolute Gasteiger partial charge is 0.342 e. The van der Waals surface area contributed by atoms with Crippen LogP contribution in [0.4, 0.5) is 0 Å². The fraction of sp³-hybridized carbons (Fsp3) is 0.348. The second-order valence-corrected chi connectivity index (χ2v) is 8.39. The van der Waals surface area contributed by atoms with Gasteiger partial charge in [-0.05, 0) is 54.5 Å². The van der Waals surface area contributed by atoms with Crippen molar-refractivity contribution >= 4 is 23.6 Å². The van der Waals surface area contributed by atoms with Gasteiger partial charge in [0.1, 0.15) is 0 Å². The molecule has 3 aliphatic rings. The summed E-state index contributed by atoms with van der Waals surface area (Å²) < 4.78 is 0. The van der Waals surface area contributed by atoms with Gasteiger partial charge < -0.3 is 4.90 Å². The maximum atomic E-state index is 13.3. The highest BCUT2D eigenvalue weighted by Crippen LogP contribution is 2.51. The van der Waals surface area contributed by atoms with Gasteiger partial charge in [0.2, 0.25) is 5.91 Å². The summed E-state index contributed by atoms with van der Waals surface area (Å²) in [6, 6.07) is 16.5. The zero-order valence-corrected chi connectivity index (χ0v) is 15.5. The number of amides is 1. The average molecular weight is 364 g/mol. The molecule has 0 unspecified atom stereocenters. The summed E-state index contributed by atoms with van der Waals surface area (Å²) in [5.41, 5.74) is 3.74. The van der Waals surface area contributed by atoms with Crippen molar-refractivity contribution in [1.29, 1.82) is 0 Å². The van der Waals surface area contributed by atoms with Crippen molar-refractivity contribution in [2.45, 2.75) is 36.5 Å². The van der Waals surface area contributed by atoms with Crippen LogP contribution in [-0.2, 0) is 15.6 Å². The van der Waals surface area contributed by atoms with E-state index in [2.05, 4.69) is 41.3 Å². The summed E-state index contributed by atoms with van der Waals surface area (Å²) in [6.45, 7) is 1.68. The van der Waals surface area contributed by atoms with E-state index in [9.17, 15) is 4.79 Å². The second-order valence-electron chi connectivity index (χ2n) is 7.96. The van der Waals surface area contributed by atoms with Gasteiger partial charge in [-0.2, -0.15) is 0 Å². The van der Waals surface area contributed by atoms with E-state index in [-0.39, 0.29) is 10.8 Å². The maximum absolute atomic E-state index is 13.3. The summed E-state index contributed by atoms with van der Waals surface area (Å²) >= 11 is 6.02. The van der Waals surface area contributed by atoms with Gasteiger partial charge in [0.15, 0.2) is 0 Å². The molecular weight excluding hydrogens is 342 g/mol. The number of fused-ring (bicyclic) bond motifs is 2. The van der Waals surface area contributed by atoms with Gasteiger partial charge in [0.05, 0.1) is 5.41 Å².